The Labute approximate surface area is 287 Å². The zero-order chi connectivity index (χ0) is 34.2. The van der Waals surface area contributed by atoms with E-state index in [1.54, 1.807) is 24.3 Å². The fourth-order valence-electron chi connectivity index (χ4n) is 5.75. The van der Waals surface area contributed by atoms with E-state index in [1.807, 2.05) is 146 Å². The van der Waals surface area contributed by atoms with Crippen LogP contribution < -0.4 is 30.7 Å². The van der Waals surface area contributed by atoms with Crippen molar-refractivity contribution in [3.8, 4) is 11.5 Å². The largest absolute Gasteiger partial charge is 0.483 e. The predicted octanol–water partition coefficient (Wildman–Crippen LogP) is 8.36. The van der Waals surface area contributed by atoms with Crippen LogP contribution >= 0.6 is 21.7 Å². The Bertz CT molecular complexity index is 1890. The SMILES string of the molecule is O=P(O)(COc1ccccc1CP(=O)(c1ccccc1)c1ccccc1)COc1ccccc1CP(=O)(c1ccccc1)c1ccccc1. The van der Waals surface area contributed by atoms with Gasteiger partial charge in [0.1, 0.15) is 25.8 Å². The molecule has 0 spiro atoms. The monoisotopic (exact) mass is 706 g/mol. The van der Waals surface area contributed by atoms with Gasteiger partial charge in [0, 0.05) is 44.7 Å². The second kappa shape index (κ2) is 15.4. The van der Waals surface area contributed by atoms with Gasteiger partial charge in [0.05, 0.1) is 0 Å². The van der Waals surface area contributed by atoms with Crippen molar-refractivity contribution in [2.75, 3.05) is 12.7 Å². The fraction of sp³-hybridized carbons (Fsp3) is 0.100. The lowest BCUT2D eigenvalue weighted by molar-refractivity contribution is 0.310. The third kappa shape index (κ3) is 8.24. The molecule has 0 fully saturated rings. The van der Waals surface area contributed by atoms with Crippen molar-refractivity contribution in [2.24, 2.45) is 0 Å². The molecule has 0 heterocycles. The standard InChI is InChI=1S/C40H37O6P3/c41-47(42,31-45-39-27-15-13-17-33(39)29-48(43,35-19-5-1-6-20-35)36-21-7-2-8-22-36)32-46-40-28-16-14-18-34(40)30-49(44,37-23-9-3-10-24-37)38-25-11-4-12-26-38/h1-28H,29-32H2,(H,41,42). The summed E-state index contributed by atoms with van der Waals surface area (Å²) in [4.78, 5) is 11.0. The first kappa shape index (κ1) is 34.4. The highest BCUT2D eigenvalue weighted by Crippen LogP contribution is 2.50. The van der Waals surface area contributed by atoms with E-state index >= 15 is 0 Å². The second-order valence-electron chi connectivity index (χ2n) is 11.7. The molecule has 0 atom stereocenters. The summed E-state index contributed by atoms with van der Waals surface area (Å²) in [6.07, 6.45) is -0.640. The van der Waals surface area contributed by atoms with E-state index in [9.17, 15) is 18.6 Å². The molecular weight excluding hydrogens is 669 g/mol. The Hall–Kier alpha value is -4.43. The van der Waals surface area contributed by atoms with Crippen LogP contribution in [-0.2, 0) is 26.0 Å². The van der Waals surface area contributed by atoms with E-state index in [1.165, 1.54) is 0 Å². The number of ether oxygens (including phenoxy) is 2. The van der Waals surface area contributed by atoms with Crippen molar-refractivity contribution < 1.29 is 28.1 Å². The molecule has 6 aromatic carbocycles. The minimum atomic E-state index is -3.98. The van der Waals surface area contributed by atoms with Crippen LogP contribution in [0.4, 0.5) is 0 Å². The van der Waals surface area contributed by atoms with Gasteiger partial charge >= 0.3 is 0 Å². The Morgan fingerprint density at radius 3 is 0.959 bits per heavy atom. The summed E-state index contributed by atoms with van der Waals surface area (Å²) >= 11 is 0. The molecule has 0 aromatic heterocycles. The molecule has 0 unspecified atom stereocenters. The van der Waals surface area contributed by atoms with E-state index in [-0.39, 0.29) is 12.3 Å². The van der Waals surface area contributed by atoms with Crippen molar-refractivity contribution in [1.29, 1.82) is 0 Å². The molecule has 0 bridgehead atoms. The number of para-hydroxylation sites is 2. The number of hydrogen-bond acceptors (Lipinski definition) is 5. The third-order valence-corrected chi connectivity index (χ3v) is 15.4. The Balaban J connectivity index is 1.19. The van der Waals surface area contributed by atoms with E-state index in [0.29, 0.717) is 22.6 Å². The van der Waals surface area contributed by atoms with Gasteiger partial charge in [0.25, 0.3) is 7.37 Å². The number of benzene rings is 6. The van der Waals surface area contributed by atoms with Crippen LogP contribution in [-0.4, -0.2) is 17.6 Å². The third-order valence-electron chi connectivity index (χ3n) is 8.27. The molecule has 0 aliphatic rings. The zero-order valence-electron chi connectivity index (χ0n) is 26.8. The molecule has 1 N–H and O–H groups in total. The number of rotatable bonds is 14. The van der Waals surface area contributed by atoms with Crippen LogP contribution in [0.1, 0.15) is 11.1 Å². The summed E-state index contributed by atoms with van der Waals surface area (Å²) < 4.78 is 54.8. The van der Waals surface area contributed by atoms with Crippen LogP contribution in [0.5, 0.6) is 11.5 Å². The van der Waals surface area contributed by atoms with Gasteiger partial charge in [0.2, 0.25) is 0 Å². The Morgan fingerprint density at radius 2 is 0.653 bits per heavy atom. The molecule has 6 nitrogen and oxygen atoms in total. The average Bonchev–Trinajstić information content (AvgIpc) is 3.15. The molecule has 0 amide bonds. The van der Waals surface area contributed by atoms with Crippen LogP contribution in [0.15, 0.2) is 170 Å². The van der Waals surface area contributed by atoms with Crippen LogP contribution in [0, 0.1) is 0 Å². The number of hydrogen-bond donors (Lipinski definition) is 1. The predicted molar refractivity (Wildman–Crippen MR) is 201 cm³/mol. The Morgan fingerprint density at radius 1 is 0.388 bits per heavy atom. The summed E-state index contributed by atoms with van der Waals surface area (Å²) in [5.41, 5.74) is 1.34. The van der Waals surface area contributed by atoms with Gasteiger partial charge in [-0.1, -0.05) is 158 Å². The highest BCUT2D eigenvalue weighted by molar-refractivity contribution is 7.78. The molecule has 9 heteroatoms. The molecule has 49 heavy (non-hydrogen) atoms. The smallest absolute Gasteiger partial charge is 0.273 e. The topological polar surface area (TPSA) is 89.9 Å². The first-order valence-electron chi connectivity index (χ1n) is 15.9. The maximum absolute atomic E-state index is 14.7. The lowest BCUT2D eigenvalue weighted by atomic mass is 10.2. The van der Waals surface area contributed by atoms with E-state index in [0.717, 1.165) is 21.2 Å². The van der Waals surface area contributed by atoms with Crippen LogP contribution in [0.2, 0.25) is 0 Å². The zero-order valence-corrected chi connectivity index (χ0v) is 29.5. The molecule has 0 radical (unpaired) electrons. The maximum atomic E-state index is 14.7. The normalized spacial score (nSPS) is 11.9. The van der Waals surface area contributed by atoms with Gasteiger partial charge < -0.3 is 23.5 Å². The van der Waals surface area contributed by atoms with Gasteiger partial charge in [0.15, 0.2) is 12.7 Å². The van der Waals surface area contributed by atoms with Crippen LogP contribution in [0.3, 0.4) is 0 Å². The van der Waals surface area contributed by atoms with Crippen molar-refractivity contribution in [1.82, 2.24) is 0 Å². The van der Waals surface area contributed by atoms with Crippen molar-refractivity contribution >= 4 is 42.9 Å². The average molecular weight is 707 g/mol. The molecule has 6 rings (SSSR count). The van der Waals surface area contributed by atoms with Crippen molar-refractivity contribution in [3.05, 3.63) is 181 Å². The molecule has 0 aliphatic heterocycles. The van der Waals surface area contributed by atoms with Crippen LogP contribution in [0.25, 0.3) is 0 Å². The first-order valence-corrected chi connectivity index (χ1v) is 21.7. The van der Waals surface area contributed by atoms with E-state index in [2.05, 4.69) is 0 Å². The molecule has 248 valence electrons. The molecule has 0 saturated heterocycles. The first-order chi connectivity index (χ1) is 23.8. The van der Waals surface area contributed by atoms with Gasteiger partial charge in [-0.3, -0.25) is 4.57 Å². The van der Waals surface area contributed by atoms with E-state index < -0.39 is 34.3 Å². The molecule has 6 aromatic rings. The highest BCUT2D eigenvalue weighted by Gasteiger charge is 2.31. The maximum Gasteiger partial charge on any atom is 0.273 e. The highest BCUT2D eigenvalue weighted by atomic mass is 31.2. The quantitative estimate of drug-likeness (QED) is 0.115. The lowest BCUT2D eigenvalue weighted by Crippen LogP contribution is -2.18. The summed E-state index contributed by atoms with van der Waals surface area (Å²) in [5.74, 6) is 0.770. The summed E-state index contributed by atoms with van der Waals surface area (Å²) in [7, 11) is -10.2. The minimum Gasteiger partial charge on any atom is -0.483 e. The van der Waals surface area contributed by atoms with Gasteiger partial charge in [-0.2, -0.15) is 0 Å². The molecule has 0 aliphatic carbocycles. The summed E-state index contributed by atoms with van der Waals surface area (Å²) in [5, 5.41) is 2.89. The molecule has 0 saturated carbocycles. The van der Waals surface area contributed by atoms with E-state index in [4.69, 9.17) is 9.47 Å². The fourth-order valence-corrected chi connectivity index (χ4v) is 11.9. The van der Waals surface area contributed by atoms with Gasteiger partial charge in [-0.05, 0) is 12.1 Å². The second-order valence-corrected chi connectivity index (χ2v) is 19.6. The van der Waals surface area contributed by atoms with Crippen molar-refractivity contribution in [2.45, 2.75) is 12.3 Å². The van der Waals surface area contributed by atoms with Crippen molar-refractivity contribution in [3.63, 3.8) is 0 Å². The molecular formula is C40H37O6P3. The van der Waals surface area contributed by atoms with Gasteiger partial charge in [-0.25, -0.2) is 0 Å². The lowest BCUT2D eigenvalue weighted by Gasteiger charge is -2.22. The minimum absolute atomic E-state index is 0.180. The summed E-state index contributed by atoms with van der Waals surface area (Å²) in [6, 6.07) is 51.8. The Kier molecular flexibility index (Phi) is 10.8. The van der Waals surface area contributed by atoms with Gasteiger partial charge in [-0.15, -0.1) is 0 Å². The summed E-state index contributed by atoms with van der Waals surface area (Å²) in [6.45, 7) is 0.